The molecule has 0 fully saturated rings. The largest absolute Gasteiger partial charge is 0.506 e. The predicted octanol–water partition coefficient (Wildman–Crippen LogP) is 4.43. The Bertz CT molecular complexity index is 1210. The van der Waals surface area contributed by atoms with Gasteiger partial charge in [-0.3, -0.25) is 4.79 Å². The van der Waals surface area contributed by atoms with Crippen LogP contribution in [-0.2, 0) is 34.8 Å². The standard InChI is InChI=1S/C34H53N5O9/c1-34(2,3)48-33(42)37-15-12-27-6-11-31(40)30(26-27)39-38-29-9-7-28(8-10-29)32(41)36-14-5-17-44-19-21-46-23-25-47-24-22-45-20-18-43-16-4-13-35/h6-11,26,40H,4-5,12-25,35H2,1-3H3,(H,36,41)(H,37,42)/b39-38+. The minimum Gasteiger partial charge on any atom is -0.506 e. The maximum Gasteiger partial charge on any atom is 0.407 e. The van der Waals surface area contributed by atoms with E-state index in [-0.39, 0.29) is 11.7 Å². The number of hydrogen-bond donors (Lipinski definition) is 4. The molecule has 0 spiro atoms. The van der Waals surface area contributed by atoms with Crippen LogP contribution in [-0.4, -0.2) is 108 Å². The van der Waals surface area contributed by atoms with Gasteiger partial charge in [0.15, 0.2) is 0 Å². The summed E-state index contributed by atoms with van der Waals surface area (Å²) in [5.74, 6) is -0.219. The van der Waals surface area contributed by atoms with Gasteiger partial charge < -0.3 is 49.9 Å². The van der Waals surface area contributed by atoms with E-state index in [1.807, 2.05) is 0 Å². The number of phenols is 1. The third-order valence-corrected chi connectivity index (χ3v) is 6.26. The van der Waals surface area contributed by atoms with Crippen LogP contribution in [0, 0.1) is 0 Å². The van der Waals surface area contributed by atoms with E-state index in [9.17, 15) is 14.7 Å². The average molecular weight is 676 g/mol. The summed E-state index contributed by atoms with van der Waals surface area (Å²) in [6, 6.07) is 11.7. The highest BCUT2D eigenvalue weighted by atomic mass is 16.6. The molecule has 14 heteroatoms. The number of nitrogens with one attached hydrogen (secondary N) is 2. The first kappa shape index (κ1) is 40.5. The average Bonchev–Trinajstić information content (AvgIpc) is 3.05. The molecule has 0 bridgehead atoms. The molecule has 0 aliphatic heterocycles. The van der Waals surface area contributed by atoms with E-state index in [0.717, 1.165) is 12.0 Å². The Kier molecular flexibility index (Phi) is 20.7. The fraction of sp³-hybridized carbons (Fsp3) is 0.588. The first-order chi connectivity index (χ1) is 23.2. The van der Waals surface area contributed by atoms with Crippen LogP contribution < -0.4 is 16.4 Å². The summed E-state index contributed by atoms with van der Waals surface area (Å²) in [5.41, 5.74) is 7.00. The third-order valence-electron chi connectivity index (χ3n) is 6.26. The Labute approximate surface area is 283 Å². The maximum absolute atomic E-state index is 12.5. The molecule has 268 valence electrons. The van der Waals surface area contributed by atoms with Gasteiger partial charge in [-0.05, 0) is 88.5 Å². The molecular formula is C34H53N5O9. The first-order valence-corrected chi connectivity index (χ1v) is 16.4. The number of alkyl carbamates (subject to hydrolysis) is 1. The third kappa shape index (κ3) is 19.9. The van der Waals surface area contributed by atoms with E-state index in [1.165, 1.54) is 6.07 Å². The van der Waals surface area contributed by atoms with Crippen molar-refractivity contribution in [2.24, 2.45) is 16.0 Å². The van der Waals surface area contributed by atoms with Gasteiger partial charge in [0, 0.05) is 31.9 Å². The van der Waals surface area contributed by atoms with Crippen molar-refractivity contribution in [2.45, 2.75) is 45.6 Å². The summed E-state index contributed by atoms with van der Waals surface area (Å²) in [7, 11) is 0. The smallest absolute Gasteiger partial charge is 0.407 e. The number of nitrogens with two attached hydrogens (primary N) is 1. The summed E-state index contributed by atoms with van der Waals surface area (Å²) in [4.78, 5) is 24.3. The minimum atomic E-state index is -0.569. The number of benzene rings is 2. The summed E-state index contributed by atoms with van der Waals surface area (Å²) in [5, 5.41) is 24.1. The lowest BCUT2D eigenvalue weighted by atomic mass is 10.1. The molecule has 48 heavy (non-hydrogen) atoms. The van der Waals surface area contributed by atoms with Crippen molar-refractivity contribution in [1.29, 1.82) is 0 Å². The molecule has 2 rings (SSSR count). The highest BCUT2D eigenvalue weighted by molar-refractivity contribution is 5.94. The van der Waals surface area contributed by atoms with Crippen molar-refractivity contribution >= 4 is 23.4 Å². The molecular weight excluding hydrogens is 622 g/mol. The molecule has 0 atom stereocenters. The van der Waals surface area contributed by atoms with Crippen LogP contribution in [0.2, 0.25) is 0 Å². The van der Waals surface area contributed by atoms with E-state index < -0.39 is 11.7 Å². The summed E-state index contributed by atoms with van der Waals surface area (Å²) >= 11 is 0. The lowest BCUT2D eigenvalue weighted by Crippen LogP contribution is -2.33. The summed E-state index contributed by atoms with van der Waals surface area (Å²) < 4.78 is 32.5. The van der Waals surface area contributed by atoms with Gasteiger partial charge in [0.25, 0.3) is 5.91 Å². The summed E-state index contributed by atoms with van der Waals surface area (Å²) in [6.07, 6.45) is 1.56. The number of hydrogen-bond acceptors (Lipinski definition) is 12. The molecule has 0 aliphatic rings. The van der Waals surface area contributed by atoms with Crippen molar-refractivity contribution in [2.75, 3.05) is 85.7 Å². The van der Waals surface area contributed by atoms with E-state index >= 15 is 0 Å². The zero-order valence-electron chi connectivity index (χ0n) is 28.5. The molecule has 0 aliphatic carbocycles. The number of carbonyl (C=O) groups excluding carboxylic acids is 2. The highest BCUT2D eigenvalue weighted by Crippen LogP contribution is 2.29. The molecule has 2 amide bonds. The molecule has 2 aromatic rings. The molecule has 0 heterocycles. The second-order valence-electron chi connectivity index (χ2n) is 11.6. The zero-order valence-corrected chi connectivity index (χ0v) is 28.5. The second-order valence-corrected chi connectivity index (χ2v) is 11.6. The molecule has 0 unspecified atom stereocenters. The van der Waals surface area contributed by atoms with Crippen LogP contribution in [0.4, 0.5) is 16.2 Å². The lowest BCUT2D eigenvalue weighted by Gasteiger charge is -2.19. The molecule has 0 radical (unpaired) electrons. The molecule has 0 saturated heterocycles. The Morgan fingerprint density at radius 1 is 0.729 bits per heavy atom. The van der Waals surface area contributed by atoms with Crippen LogP contribution in [0.25, 0.3) is 0 Å². The van der Waals surface area contributed by atoms with Crippen LogP contribution in [0.3, 0.4) is 0 Å². The molecule has 5 N–H and O–H groups in total. The van der Waals surface area contributed by atoms with Gasteiger partial charge in [-0.15, -0.1) is 5.11 Å². The number of phenolic OH excluding ortho intramolecular Hbond substituents is 1. The van der Waals surface area contributed by atoms with Crippen LogP contribution in [0.15, 0.2) is 52.7 Å². The van der Waals surface area contributed by atoms with Gasteiger partial charge in [0.05, 0.1) is 58.5 Å². The number of aromatic hydroxyl groups is 1. The number of carbonyl (C=O) groups is 2. The Morgan fingerprint density at radius 2 is 1.29 bits per heavy atom. The van der Waals surface area contributed by atoms with Gasteiger partial charge in [-0.2, -0.15) is 5.11 Å². The van der Waals surface area contributed by atoms with Crippen LogP contribution in [0.1, 0.15) is 49.5 Å². The zero-order chi connectivity index (χ0) is 34.9. The predicted molar refractivity (Wildman–Crippen MR) is 181 cm³/mol. The van der Waals surface area contributed by atoms with Gasteiger partial charge in [0.1, 0.15) is 17.0 Å². The minimum absolute atomic E-state index is 0.0189. The monoisotopic (exact) mass is 675 g/mol. The normalized spacial score (nSPS) is 11.6. The molecule has 0 aromatic heterocycles. The highest BCUT2D eigenvalue weighted by Gasteiger charge is 2.15. The number of azo groups is 1. The lowest BCUT2D eigenvalue weighted by molar-refractivity contribution is -0.0111. The van der Waals surface area contributed by atoms with Crippen molar-refractivity contribution in [3.8, 4) is 5.75 Å². The Morgan fingerprint density at radius 3 is 1.85 bits per heavy atom. The van der Waals surface area contributed by atoms with Crippen molar-refractivity contribution in [1.82, 2.24) is 10.6 Å². The van der Waals surface area contributed by atoms with E-state index in [0.29, 0.717) is 115 Å². The molecule has 14 nitrogen and oxygen atoms in total. The van der Waals surface area contributed by atoms with E-state index in [2.05, 4.69) is 20.9 Å². The Hall–Kier alpha value is -3.66. The van der Waals surface area contributed by atoms with Gasteiger partial charge >= 0.3 is 6.09 Å². The van der Waals surface area contributed by atoms with Crippen molar-refractivity contribution < 1.29 is 43.1 Å². The Balaban J connectivity index is 1.53. The molecule has 2 aromatic carbocycles. The topological polar surface area (TPSA) is 185 Å². The van der Waals surface area contributed by atoms with Gasteiger partial charge in [-0.25, -0.2) is 4.79 Å². The molecule has 0 saturated carbocycles. The number of ether oxygens (including phenoxy) is 6. The fourth-order valence-electron chi connectivity index (χ4n) is 3.86. The van der Waals surface area contributed by atoms with Crippen molar-refractivity contribution in [3.63, 3.8) is 0 Å². The fourth-order valence-corrected chi connectivity index (χ4v) is 3.86. The van der Waals surface area contributed by atoms with E-state index in [1.54, 1.807) is 57.2 Å². The van der Waals surface area contributed by atoms with Crippen LogP contribution in [0.5, 0.6) is 5.75 Å². The quantitative estimate of drug-likeness (QED) is 0.0867. The first-order valence-electron chi connectivity index (χ1n) is 16.4. The number of rotatable bonds is 25. The summed E-state index contributed by atoms with van der Waals surface area (Å²) in [6.45, 7) is 12.0. The second kappa shape index (κ2) is 24.5. The maximum atomic E-state index is 12.5. The number of amides is 2. The van der Waals surface area contributed by atoms with Gasteiger partial charge in [0.2, 0.25) is 0 Å². The van der Waals surface area contributed by atoms with E-state index in [4.69, 9.17) is 34.2 Å². The SMILES string of the molecule is CC(C)(C)OC(=O)NCCc1ccc(O)c(/N=N/c2ccc(C(=O)NCCCOCCOCCOCCOCCOCCCN)cc2)c1. The van der Waals surface area contributed by atoms with Crippen LogP contribution >= 0.6 is 0 Å². The van der Waals surface area contributed by atoms with Gasteiger partial charge in [-0.1, -0.05) is 6.07 Å². The number of nitrogens with zero attached hydrogens (tertiary/aromatic N) is 2. The van der Waals surface area contributed by atoms with Crippen molar-refractivity contribution in [3.05, 3.63) is 53.6 Å².